The number of sulfone groups is 1. The number of nitrogens with one attached hydrogen (secondary N) is 1. The van der Waals surface area contributed by atoms with Crippen molar-refractivity contribution >= 4 is 15.9 Å². The van der Waals surface area contributed by atoms with Gasteiger partial charge in [0, 0.05) is 0 Å². The van der Waals surface area contributed by atoms with Crippen molar-refractivity contribution in [3.63, 3.8) is 0 Å². The fraction of sp³-hybridized carbons (Fsp3) is 0.235. The quantitative estimate of drug-likeness (QED) is 0.777. The van der Waals surface area contributed by atoms with Gasteiger partial charge in [0.15, 0.2) is 0 Å². The number of carbonyl (C=O) groups is 1. The lowest BCUT2D eigenvalue weighted by Crippen LogP contribution is -2.28. The van der Waals surface area contributed by atoms with Crippen molar-refractivity contribution in [3.8, 4) is 5.75 Å². The van der Waals surface area contributed by atoms with E-state index < -0.39 is 15.9 Å². The maximum Gasteiger partial charge on any atom is 0.407 e. The molecule has 7 heteroatoms. The van der Waals surface area contributed by atoms with E-state index in [2.05, 4.69) is 5.32 Å². The average molecular weight is 349 g/mol. The van der Waals surface area contributed by atoms with E-state index >= 15 is 0 Å². The fourth-order valence-electron chi connectivity index (χ4n) is 1.95. The molecule has 1 N–H and O–H groups in total. The minimum Gasteiger partial charge on any atom is -0.492 e. The van der Waals surface area contributed by atoms with Crippen LogP contribution in [0.4, 0.5) is 4.79 Å². The third-order valence-corrected chi connectivity index (χ3v) is 4.89. The highest BCUT2D eigenvalue weighted by molar-refractivity contribution is 7.91. The molecule has 0 fully saturated rings. The monoisotopic (exact) mass is 349 g/mol. The van der Waals surface area contributed by atoms with E-state index in [1.54, 1.807) is 49.4 Å². The Kier molecular flexibility index (Phi) is 6.20. The van der Waals surface area contributed by atoms with Crippen molar-refractivity contribution in [1.29, 1.82) is 0 Å². The van der Waals surface area contributed by atoms with E-state index in [0.717, 1.165) is 0 Å². The number of rotatable bonds is 7. The second kappa shape index (κ2) is 8.35. The van der Waals surface area contributed by atoms with E-state index in [4.69, 9.17) is 9.47 Å². The molecule has 2 rings (SSSR count). The number of hydrogen-bond donors (Lipinski definition) is 1. The highest BCUT2D eigenvalue weighted by Crippen LogP contribution is 2.22. The summed E-state index contributed by atoms with van der Waals surface area (Å²) in [4.78, 5) is 11.5. The first-order valence-corrected chi connectivity index (χ1v) is 8.96. The molecule has 0 aliphatic heterocycles. The van der Waals surface area contributed by atoms with Gasteiger partial charge in [-0.15, -0.1) is 0 Å². The molecule has 0 aromatic heterocycles. The molecule has 6 nitrogen and oxygen atoms in total. The maximum absolute atomic E-state index is 12.4. The third-order valence-electron chi connectivity index (χ3n) is 3.10. The van der Waals surface area contributed by atoms with Gasteiger partial charge in [-0.3, -0.25) is 0 Å². The lowest BCUT2D eigenvalue weighted by Gasteiger charge is -2.09. The highest BCUT2D eigenvalue weighted by atomic mass is 32.2. The van der Waals surface area contributed by atoms with Crippen LogP contribution in [0.25, 0.3) is 0 Å². The minimum atomic E-state index is -3.53. The van der Waals surface area contributed by atoms with Crippen molar-refractivity contribution in [2.75, 3.05) is 19.8 Å². The molecule has 0 bridgehead atoms. The van der Waals surface area contributed by atoms with Crippen LogP contribution in [0, 0.1) is 0 Å². The molecule has 0 heterocycles. The van der Waals surface area contributed by atoms with Crippen LogP contribution in [-0.4, -0.2) is 34.3 Å². The smallest absolute Gasteiger partial charge is 0.407 e. The fourth-order valence-corrected chi connectivity index (χ4v) is 3.24. The van der Waals surface area contributed by atoms with Crippen LogP contribution in [0.5, 0.6) is 5.75 Å². The van der Waals surface area contributed by atoms with Gasteiger partial charge >= 0.3 is 6.09 Å². The second-order valence-corrected chi connectivity index (χ2v) is 6.73. The third kappa shape index (κ3) is 4.73. The Morgan fingerprint density at radius 1 is 1.00 bits per heavy atom. The number of amides is 1. The van der Waals surface area contributed by atoms with Gasteiger partial charge in [0.05, 0.1) is 22.9 Å². The molecule has 1 amide bonds. The second-order valence-electron chi connectivity index (χ2n) is 4.78. The highest BCUT2D eigenvalue weighted by Gasteiger charge is 2.16. The molecule has 0 aliphatic rings. The first-order chi connectivity index (χ1) is 11.5. The Morgan fingerprint density at radius 3 is 2.25 bits per heavy atom. The number of ether oxygens (including phenoxy) is 2. The molecule has 0 unspecified atom stereocenters. The Balaban J connectivity index is 1.93. The molecular weight excluding hydrogens is 330 g/mol. The van der Waals surface area contributed by atoms with Gasteiger partial charge in [0.2, 0.25) is 9.84 Å². The van der Waals surface area contributed by atoms with Crippen LogP contribution in [0.15, 0.2) is 64.4 Å². The normalized spacial score (nSPS) is 10.9. The zero-order valence-corrected chi connectivity index (χ0v) is 14.1. The van der Waals surface area contributed by atoms with Crippen LogP contribution >= 0.6 is 0 Å². The molecule has 0 atom stereocenters. The molecule has 0 saturated carbocycles. The summed E-state index contributed by atoms with van der Waals surface area (Å²) in [5, 5.41) is 2.53. The van der Waals surface area contributed by atoms with Gasteiger partial charge in [-0.25, -0.2) is 13.2 Å². The number of carbonyl (C=O) groups excluding carboxylic acids is 1. The van der Waals surface area contributed by atoms with Crippen molar-refractivity contribution < 1.29 is 22.7 Å². The number of benzene rings is 2. The van der Waals surface area contributed by atoms with Crippen LogP contribution in [-0.2, 0) is 14.6 Å². The topological polar surface area (TPSA) is 81.7 Å². The summed E-state index contributed by atoms with van der Waals surface area (Å²) in [6.07, 6.45) is -0.495. The molecule has 0 radical (unpaired) electrons. The summed E-state index contributed by atoms with van der Waals surface area (Å²) in [6, 6.07) is 14.4. The largest absolute Gasteiger partial charge is 0.492 e. The Morgan fingerprint density at radius 2 is 1.62 bits per heavy atom. The van der Waals surface area contributed by atoms with E-state index in [1.165, 1.54) is 12.1 Å². The summed E-state index contributed by atoms with van der Waals surface area (Å²) in [7, 11) is -3.53. The van der Waals surface area contributed by atoms with Gasteiger partial charge in [-0.1, -0.05) is 18.2 Å². The molecule has 2 aromatic carbocycles. The first-order valence-electron chi connectivity index (χ1n) is 7.47. The Hall–Kier alpha value is -2.54. The SMILES string of the molecule is CCOC(=O)NCCOc1ccc(S(=O)(=O)c2ccccc2)cc1. The number of alkyl carbamates (subject to hydrolysis) is 1. The lowest BCUT2D eigenvalue weighted by atomic mass is 10.3. The van der Waals surface area contributed by atoms with E-state index in [9.17, 15) is 13.2 Å². The van der Waals surface area contributed by atoms with Gasteiger partial charge in [0.25, 0.3) is 0 Å². The van der Waals surface area contributed by atoms with Gasteiger partial charge in [0.1, 0.15) is 12.4 Å². The number of hydrogen-bond acceptors (Lipinski definition) is 5. The van der Waals surface area contributed by atoms with Crippen molar-refractivity contribution in [2.45, 2.75) is 16.7 Å². The Bertz CT molecular complexity index is 757. The molecule has 0 spiro atoms. The average Bonchev–Trinajstić information content (AvgIpc) is 2.60. The van der Waals surface area contributed by atoms with E-state index in [1.807, 2.05) is 0 Å². The predicted molar refractivity (Wildman–Crippen MR) is 88.9 cm³/mol. The van der Waals surface area contributed by atoms with E-state index in [0.29, 0.717) is 18.9 Å². The predicted octanol–water partition coefficient (Wildman–Crippen LogP) is 2.64. The molecule has 128 valence electrons. The van der Waals surface area contributed by atoms with Crippen LogP contribution in [0.1, 0.15) is 6.92 Å². The zero-order valence-electron chi connectivity index (χ0n) is 13.3. The van der Waals surface area contributed by atoms with Crippen molar-refractivity contribution in [2.24, 2.45) is 0 Å². The lowest BCUT2D eigenvalue weighted by molar-refractivity contribution is 0.150. The molecule has 0 saturated heterocycles. The summed E-state index contributed by atoms with van der Waals surface area (Å²) in [6.45, 7) is 2.58. The molecule has 2 aromatic rings. The molecule has 24 heavy (non-hydrogen) atoms. The summed E-state index contributed by atoms with van der Waals surface area (Å²) < 4.78 is 35.0. The van der Waals surface area contributed by atoms with Gasteiger partial charge in [-0.2, -0.15) is 0 Å². The van der Waals surface area contributed by atoms with Crippen molar-refractivity contribution in [3.05, 3.63) is 54.6 Å². The molecule has 0 aliphatic carbocycles. The van der Waals surface area contributed by atoms with Crippen LogP contribution in [0.3, 0.4) is 0 Å². The summed E-state index contributed by atoms with van der Waals surface area (Å²) >= 11 is 0. The van der Waals surface area contributed by atoms with Gasteiger partial charge < -0.3 is 14.8 Å². The molecular formula is C17H19NO5S. The minimum absolute atomic E-state index is 0.200. The summed E-state index contributed by atoms with van der Waals surface area (Å²) in [5.74, 6) is 0.521. The van der Waals surface area contributed by atoms with Crippen molar-refractivity contribution in [1.82, 2.24) is 5.32 Å². The zero-order chi connectivity index (χ0) is 17.4. The summed E-state index contributed by atoms with van der Waals surface area (Å²) in [5.41, 5.74) is 0. The van der Waals surface area contributed by atoms with Crippen LogP contribution in [0.2, 0.25) is 0 Å². The first kappa shape index (κ1) is 17.8. The van der Waals surface area contributed by atoms with Crippen LogP contribution < -0.4 is 10.1 Å². The Labute approximate surface area is 141 Å². The maximum atomic E-state index is 12.4. The van der Waals surface area contributed by atoms with Gasteiger partial charge in [-0.05, 0) is 43.3 Å². The van der Waals surface area contributed by atoms with E-state index in [-0.39, 0.29) is 16.4 Å². The standard InChI is InChI=1S/C17H19NO5S/c1-2-22-17(19)18-12-13-23-14-8-10-16(11-9-14)24(20,21)15-6-4-3-5-7-15/h3-11H,2,12-13H2,1H3,(H,18,19).